The Bertz CT molecular complexity index is 59.6. The van der Waals surface area contributed by atoms with Crippen LogP contribution in [0.25, 0.3) is 0 Å². The van der Waals surface area contributed by atoms with Gasteiger partial charge in [-0.15, -0.1) is 6.58 Å². The monoisotopic (exact) mass is 139 g/mol. The van der Waals surface area contributed by atoms with Gasteiger partial charge in [0.15, 0.2) is 0 Å². The Labute approximate surface area is 61.8 Å². The van der Waals surface area contributed by atoms with Crippen LogP contribution in [-0.4, -0.2) is 10.2 Å². The molecule has 0 saturated carbocycles. The van der Waals surface area contributed by atoms with E-state index in [1.807, 2.05) is 6.08 Å². The van der Waals surface area contributed by atoms with Crippen LogP contribution in [0, 0.1) is 0 Å². The Morgan fingerprint density at radius 3 is 2.33 bits per heavy atom. The van der Waals surface area contributed by atoms with Gasteiger partial charge >= 0.3 is 0 Å². The third-order valence-electron chi connectivity index (χ3n) is 1.34. The molecular weight excluding hydrogens is 124 g/mol. The Morgan fingerprint density at radius 1 is 1.11 bits per heavy atom. The average molecular weight is 139 g/mol. The van der Waals surface area contributed by atoms with Crippen LogP contribution in [-0.2, 0) is 0 Å². The van der Waals surface area contributed by atoms with Gasteiger partial charge in [0.25, 0.3) is 0 Å². The smallest absolute Gasteiger partial charge is 0.0222 e. The van der Waals surface area contributed by atoms with E-state index in [1.165, 1.54) is 32.1 Å². The van der Waals surface area contributed by atoms with Crippen molar-refractivity contribution in [2.75, 3.05) is 0 Å². The van der Waals surface area contributed by atoms with E-state index in [4.69, 9.17) is 0 Å². The van der Waals surface area contributed by atoms with Crippen LogP contribution in [0.2, 0.25) is 6.04 Å². The third kappa shape index (κ3) is 7.96. The Balaban J connectivity index is 2.66. The van der Waals surface area contributed by atoms with Gasteiger partial charge < -0.3 is 0 Å². The summed E-state index contributed by atoms with van der Waals surface area (Å²) in [5.41, 5.74) is 0. The lowest BCUT2D eigenvalue weighted by Crippen LogP contribution is -1.76. The summed E-state index contributed by atoms with van der Waals surface area (Å²) in [4.78, 5) is 0. The highest BCUT2D eigenvalue weighted by molar-refractivity contribution is 6.08. The van der Waals surface area contributed by atoms with Crippen molar-refractivity contribution in [3.05, 3.63) is 12.7 Å². The lowest BCUT2D eigenvalue weighted by molar-refractivity contribution is 0.674. The van der Waals surface area contributed by atoms with Crippen molar-refractivity contribution in [3.8, 4) is 0 Å². The zero-order valence-corrected chi connectivity index (χ0v) is 7.03. The first kappa shape index (κ1) is 8.96. The minimum absolute atomic E-state index is 1.15. The molecule has 0 bridgehead atoms. The van der Waals surface area contributed by atoms with Crippen molar-refractivity contribution in [1.82, 2.24) is 0 Å². The van der Waals surface area contributed by atoms with Crippen LogP contribution >= 0.6 is 0 Å². The fourth-order valence-corrected chi connectivity index (χ4v) is 1.02. The zero-order chi connectivity index (χ0) is 6.95. The second-order valence-electron chi connectivity index (χ2n) is 2.24. The fraction of sp³-hybridized carbons (Fsp3) is 0.750. The van der Waals surface area contributed by atoms with Crippen molar-refractivity contribution in [2.45, 2.75) is 38.1 Å². The van der Waals surface area contributed by atoms with E-state index in [2.05, 4.69) is 16.8 Å². The topological polar surface area (TPSA) is 0 Å². The van der Waals surface area contributed by atoms with Gasteiger partial charge in [-0.05, 0) is 12.8 Å². The first-order valence-electron chi connectivity index (χ1n) is 3.67. The molecule has 0 aromatic rings. The van der Waals surface area contributed by atoms with Crippen LogP contribution in [0.4, 0.5) is 0 Å². The van der Waals surface area contributed by atoms with Gasteiger partial charge in [-0.1, -0.05) is 31.4 Å². The molecule has 0 saturated heterocycles. The van der Waals surface area contributed by atoms with Gasteiger partial charge in [-0.3, -0.25) is 0 Å². The maximum absolute atomic E-state index is 3.67. The van der Waals surface area contributed by atoms with Crippen LogP contribution in [0.3, 0.4) is 0 Å². The van der Waals surface area contributed by atoms with Crippen molar-refractivity contribution in [3.63, 3.8) is 0 Å². The minimum Gasteiger partial charge on any atom is -0.103 e. The Hall–Kier alpha value is -0.0431. The van der Waals surface area contributed by atoms with Crippen molar-refractivity contribution in [2.24, 2.45) is 0 Å². The molecule has 0 nitrogen and oxygen atoms in total. The van der Waals surface area contributed by atoms with Crippen molar-refractivity contribution < 1.29 is 0 Å². The molecule has 51 valence electrons. The highest BCUT2D eigenvalue weighted by atomic mass is 28.1. The van der Waals surface area contributed by atoms with Gasteiger partial charge in [0.05, 0.1) is 0 Å². The summed E-state index contributed by atoms with van der Waals surface area (Å²) in [7, 11) is 3.44. The summed E-state index contributed by atoms with van der Waals surface area (Å²) in [5, 5.41) is 0. The summed E-state index contributed by atoms with van der Waals surface area (Å²) in [6.45, 7) is 3.67. The van der Waals surface area contributed by atoms with E-state index in [0.29, 0.717) is 0 Å². The predicted octanol–water partition coefficient (Wildman–Crippen LogP) is 2.71. The summed E-state index contributed by atoms with van der Waals surface area (Å²) in [6.07, 6.45) is 8.52. The van der Waals surface area contributed by atoms with Crippen LogP contribution < -0.4 is 0 Å². The molecule has 0 N–H and O–H groups in total. The number of allylic oxidation sites excluding steroid dienone is 1. The summed E-state index contributed by atoms with van der Waals surface area (Å²) in [6, 6.07) is 1.15. The van der Waals surface area contributed by atoms with E-state index >= 15 is 0 Å². The molecular formula is C8H15Si. The van der Waals surface area contributed by atoms with Gasteiger partial charge in [-0.2, -0.15) is 0 Å². The largest absolute Gasteiger partial charge is 0.103 e. The van der Waals surface area contributed by atoms with Crippen LogP contribution in [0.15, 0.2) is 12.7 Å². The van der Waals surface area contributed by atoms with Crippen LogP contribution in [0.5, 0.6) is 0 Å². The predicted molar refractivity (Wildman–Crippen MR) is 43.8 cm³/mol. The molecule has 0 aromatic heterocycles. The SMILES string of the molecule is C=CCCCCCC[Si]. The van der Waals surface area contributed by atoms with Crippen molar-refractivity contribution >= 4 is 10.2 Å². The van der Waals surface area contributed by atoms with Gasteiger partial charge in [0.2, 0.25) is 0 Å². The van der Waals surface area contributed by atoms with E-state index in [0.717, 1.165) is 6.04 Å². The Morgan fingerprint density at radius 2 is 1.78 bits per heavy atom. The third-order valence-corrected chi connectivity index (χ3v) is 1.69. The summed E-state index contributed by atoms with van der Waals surface area (Å²) in [5.74, 6) is 0. The highest BCUT2D eigenvalue weighted by Crippen LogP contribution is 2.03. The number of unbranched alkanes of at least 4 members (excludes halogenated alkanes) is 4. The number of hydrogen-bond donors (Lipinski definition) is 0. The maximum Gasteiger partial charge on any atom is 0.0222 e. The number of hydrogen-bond acceptors (Lipinski definition) is 0. The normalized spacial score (nSPS) is 9.44. The molecule has 0 aliphatic carbocycles. The minimum atomic E-state index is 1.15. The summed E-state index contributed by atoms with van der Waals surface area (Å²) >= 11 is 0. The zero-order valence-electron chi connectivity index (χ0n) is 6.03. The molecule has 0 rings (SSSR count). The standard InChI is InChI=1S/C8H15Si/c1-2-3-4-5-6-7-8-9/h2H,1,3-8H2. The van der Waals surface area contributed by atoms with Crippen molar-refractivity contribution in [1.29, 1.82) is 0 Å². The first-order chi connectivity index (χ1) is 4.41. The van der Waals surface area contributed by atoms with Crippen LogP contribution in [0.1, 0.15) is 32.1 Å². The molecule has 1 heteroatoms. The molecule has 0 aromatic carbocycles. The average Bonchev–Trinajstić information content (AvgIpc) is 1.89. The molecule has 0 aliphatic rings. The second-order valence-corrected chi connectivity index (χ2v) is 2.74. The maximum atomic E-state index is 3.67. The second kappa shape index (κ2) is 7.96. The fourth-order valence-electron chi connectivity index (χ4n) is 0.767. The summed E-state index contributed by atoms with van der Waals surface area (Å²) < 4.78 is 0. The molecule has 0 amide bonds. The van der Waals surface area contributed by atoms with E-state index in [1.54, 1.807) is 0 Å². The number of rotatable bonds is 6. The lowest BCUT2D eigenvalue weighted by atomic mass is 10.1. The van der Waals surface area contributed by atoms with E-state index in [-0.39, 0.29) is 0 Å². The molecule has 0 aliphatic heterocycles. The highest BCUT2D eigenvalue weighted by Gasteiger charge is 1.84. The first-order valence-corrected chi connectivity index (χ1v) is 4.38. The van der Waals surface area contributed by atoms with Gasteiger partial charge in [0, 0.05) is 10.2 Å². The van der Waals surface area contributed by atoms with Gasteiger partial charge in [0.1, 0.15) is 0 Å². The van der Waals surface area contributed by atoms with Gasteiger partial charge in [-0.25, -0.2) is 0 Å². The molecule has 0 heterocycles. The molecule has 0 spiro atoms. The quantitative estimate of drug-likeness (QED) is 0.301. The van der Waals surface area contributed by atoms with E-state index in [9.17, 15) is 0 Å². The van der Waals surface area contributed by atoms with E-state index < -0.39 is 0 Å². The molecule has 3 radical (unpaired) electrons. The lowest BCUT2D eigenvalue weighted by Gasteiger charge is -1.94. The molecule has 0 unspecified atom stereocenters. The Kier molecular flexibility index (Phi) is 7.92. The molecule has 0 atom stereocenters. The molecule has 0 fully saturated rings. The molecule has 9 heavy (non-hydrogen) atoms.